The molecule has 1 aromatic rings. The van der Waals surface area contributed by atoms with E-state index in [1.807, 2.05) is 11.0 Å². The van der Waals surface area contributed by atoms with Crippen LogP contribution >= 0.6 is 27.5 Å². The number of halogens is 2. The first-order chi connectivity index (χ1) is 11.0. The lowest BCUT2D eigenvalue weighted by Gasteiger charge is -2.31. The van der Waals surface area contributed by atoms with Gasteiger partial charge in [0, 0.05) is 23.5 Å². The summed E-state index contributed by atoms with van der Waals surface area (Å²) in [6.07, 6.45) is 6.05. The third-order valence-corrected chi connectivity index (χ3v) is 5.54. The minimum absolute atomic E-state index is 0.110. The van der Waals surface area contributed by atoms with Gasteiger partial charge in [-0.2, -0.15) is 0 Å². The second kappa shape index (κ2) is 7.22. The molecule has 0 radical (unpaired) electrons. The first-order valence-electron chi connectivity index (χ1n) is 8.10. The summed E-state index contributed by atoms with van der Waals surface area (Å²) in [4.78, 5) is 26.7. The maximum absolute atomic E-state index is 12.5. The van der Waals surface area contributed by atoms with Crippen molar-refractivity contribution in [1.29, 1.82) is 0 Å². The van der Waals surface area contributed by atoms with Crippen LogP contribution < -0.4 is 5.32 Å². The fraction of sp³-hybridized carbons (Fsp3) is 0.529. The molecule has 0 unspecified atom stereocenters. The Balaban J connectivity index is 1.63. The zero-order chi connectivity index (χ0) is 16.4. The maximum atomic E-state index is 12.5. The predicted octanol–water partition coefficient (Wildman–Crippen LogP) is 4.22. The molecule has 1 aliphatic carbocycles. The number of nitrogens with zero attached hydrogens (tertiary/aromatic N) is 1. The molecule has 6 heteroatoms. The van der Waals surface area contributed by atoms with E-state index in [1.54, 1.807) is 12.1 Å². The highest BCUT2D eigenvalue weighted by atomic mass is 79.9. The van der Waals surface area contributed by atoms with Crippen molar-refractivity contribution in [2.75, 3.05) is 11.9 Å². The van der Waals surface area contributed by atoms with Gasteiger partial charge in [-0.25, -0.2) is 0 Å². The lowest BCUT2D eigenvalue weighted by Crippen LogP contribution is -2.38. The number of nitrogens with one attached hydrogen (secondary N) is 1. The monoisotopic (exact) mass is 398 g/mol. The van der Waals surface area contributed by atoms with Crippen molar-refractivity contribution in [2.24, 2.45) is 5.92 Å². The average Bonchev–Trinajstić information content (AvgIpc) is 2.93. The van der Waals surface area contributed by atoms with Crippen molar-refractivity contribution in [3.05, 3.63) is 27.7 Å². The molecule has 1 saturated heterocycles. The van der Waals surface area contributed by atoms with E-state index in [9.17, 15) is 9.59 Å². The molecule has 0 bridgehead atoms. The smallest absolute Gasteiger partial charge is 0.229 e. The fourth-order valence-corrected chi connectivity index (χ4v) is 4.20. The molecule has 2 aliphatic rings. The van der Waals surface area contributed by atoms with Gasteiger partial charge in [0.05, 0.1) is 16.6 Å². The number of rotatable bonds is 3. The summed E-state index contributed by atoms with van der Waals surface area (Å²) in [6.45, 7) is 0.531. The molecular formula is C17H20BrClN2O2. The molecule has 1 aromatic carbocycles. The average molecular weight is 400 g/mol. The van der Waals surface area contributed by atoms with Crippen molar-refractivity contribution in [3.8, 4) is 0 Å². The molecule has 1 heterocycles. The number of hydrogen-bond acceptors (Lipinski definition) is 2. The molecule has 3 rings (SSSR count). The van der Waals surface area contributed by atoms with Crippen LogP contribution in [-0.2, 0) is 9.59 Å². The normalized spacial score (nSPS) is 22.4. The third kappa shape index (κ3) is 3.89. The molecule has 4 nitrogen and oxygen atoms in total. The topological polar surface area (TPSA) is 49.4 Å². The number of anilines is 1. The van der Waals surface area contributed by atoms with E-state index in [-0.39, 0.29) is 17.7 Å². The van der Waals surface area contributed by atoms with Crippen LogP contribution in [0, 0.1) is 5.92 Å². The van der Waals surface area contributed by atoms with E-state index in [2.05, 4.69) is 21.2 Å². The van der Waals surface area contributed by atoms with E-state index >= 15 is 0 Å². The van der Waals surface area contributed by atoms with Gasteiger partial charge >= 0.3 is 0 Å². The van der Waals surface area contributed by atoms with Crippen LogP contribution in [-0.4, -0.2) is 29.3 Å². The lowest BCUT2D eigenvalue weighted by atomic mass is 9.94. The third-order valence-electron chi connectivity index (χ3n) is 4.73. The molecule has 2 fully saturated rings. The van der Waals surface area contributed by atoms with Crippen LogP contribution in [0.5, 0.6) is 0 Å². The van der Waals surface area contributed by atoms with Gasteiger partial charge in [-0.05, 0) is 31.0 Å². The van der Waals surface area contributed by atoms with E-state index in [4.69, 9.17) is 11.6 Å². The van der Waals surface area contributed by atoms with Crippen LogP contribution in [0.1, 0.15) is 38.5 Å². The molecule has 1 atom stereocenters. The van der Waals surface area contributed by atoms with Crippen LogP contribution in [0.4, 0.5) is 5.69 Å². The molecule has 1 aliphatic heterocycles. The Morgan fingerprint density at radius 1 is 1.26 bits per heavy atom. The molecule has 2 amide bonds. The zero-order valence-electron chi connectivity index (χ0n) is 12.9. The Kier molecular flexibility index (Phi) is 5.27. The van der Waals surface area contributed by atoms with Crippen molar-refractivity contribution < 1.29 is 9.59 Å². The summed E-state index contributed by atoms with van der Waals surface area (Å²) in [6, 6.07) is 5.66. The van der Waals surface area contributed by atoms with E-state index < -0.39 is 0 Å². The van der Waals surface area contributed by atoms with Gasteiger partial charge in [-0.1, -0.05) is 46.8 Å². The van der Waals surface area contributed by atoms with Gasteiger partial charge in [0.25, 0.3) is 0 Å². The van der Waals surface area contributed by atoms with Gasteiger partial charge in [-0.3, -0.25) is 9.59 Å². The highest BCUT2D eigenvalue weighted by molar-refractivity contribution is 9.10. The highest BCUT2D eigenvalue weighted by Gasteiger charge is 2.38. The molecule has 1 saturated carbocycles. The van der Waals surface area contributed by atoms with Crippen molar-refractivity contribution >= 4 is 45.0 Å². The predicted molar refractivity (Wildman–Crippen MR) is 94.5 cm³/mol. The van der Waals surface area contributed by atoms with Crippen LogP contribution in [0.2, 0.25) is 5.02 Å². The Morgan fingerprint density at radius 3 is 2.70 bits per heavy atom. The molecule has 23 heavy (non-hydrogen) atoms. The first kappa shape index (κ1) is 16.8. The van der Waals surface area contributed by atoms with Crippen LogP contribution in [0.3, 0.4) is 0 Å². The standard InChI is InChI=1S/C17H20BrClN2O2/c18-12-6-7-15(14(19)9-12)20-17(23)11-8-16(22)21(10-11)13-4-2-1-3-5-13/h6-7,9,11,13H,1-5,8,10H2,(H,20,23)/t11-/m0/s1. The first-order valence-corrected chi connectivity index (χ1v) is 9.27. The fourth-order valence-electron chi connectivity index (χ4n) is 3.48. The summed E-state index contributed by atoms with van der Waals surface area (Å²) < 4.78 is 0.861. The van der Waals surface area contributed by atoms with Crippen LogP contribution in [0.15, 0.2) is 22.7 Å². The second-order valence-corrected chi connectivity index (χ2v) is 7.68. The Hall–Kier alpha value is -1.07. The van der Waals surface area contributed by atoms with Gasteiger partial charge in [0.15, 0.2) is 0 Å². The summed E-state index contributed by atoms with van der Waals surface area (Å²) in [5.41, 5.74) is 0.587. The number of amides is 2. The molecular weight excluding hydrogens is 380 g/mol. The largest absolute Gasteiger partial charge is 0.339 e. The van der Waals surface area contributed by atoms with Gasteiger partial charge in [-0.15, -0.1) is 0 Å². The maximum Gasteiger partial charge on any atom is 0.229 e. The number of carbonyl (C=O) groups is 2. The van der Waals surface area contributed by atoms with E-state index in [0.717, 1.165) is 17.3 Å². The molecule has 0 spiro atoms. The Labute approximate surface area is 149 Å². The molecule has 0 aromatic heterocycles. The van der Waals surface area contributed by atoms with E-state index in [0.29, 0.717) is 29.7 Å². The quantitative estimate of drug-likeness (QED) is 0.827. The number of carbonyl (C=O) groups excluding carboxylic acids is 2. The summed E-state index contributed by atoms with van der Waals surface area (Å²) in [5, 5.41) is 3.34. The minimum atomic E-state index is -0.288. The Bertz CT molecular complexity index is 617. The number of hydrogen-bond donors (Lipinski definition) is 1. The van der Waals surface area contributed by atoms with Gasteiger partial charge in [0.1, 0.15) is 0 Å². The van der Waals surface area contributed by atoms with Crippen LogP contribution in [0.25, 0.3) is 0 Å². The summed E-state index contributed by atoms with van der Waals surface area (Å²) >= 11 is 9.48. The summed E-state index contributed by atoms with van der Waals surface area (Å²) in [7, 11) is 0. The number of benzene rings is 1. The summed E-state index contributed by atoms with van der Waals surface area (Å²) in [5.74, 6) is -0.302. The minimum Gasteiger partial charge on any atom is -0.339 e. The Morgan fingerprint density at radius 2 is 2.00 bits per heavy atom. The molecule has 124 valence electrons. The van der Waals surface area contributed by atoms with E-state index in [1.165, 1.54) is 19.3 Å². The SMILES string of the molecule is O=C(Nc1ccc(Br)cc1Cl)[C@H]1CC(=O)N(C2CCCCC2)C1. The van der Waals surface area contributed by atoms with Crippen molar-refractivity contribution in [2.45, 2.75) is 44.6 Å². The lowest BCUT2D eigenvalue weighted by molar-refractivity contribution is -0.130. The van der Waals surface area contributed by atoms with Gasteiger partial charge in [0.2, 0.25) is 11.8 Å². The van der Waals surface area contributed by atoms with Crippen molar-refractivity contribution in [1.82, 2.24) is 4.90 Å². The van der Waals surface area contributed by atoms with Crippen molar-refractivity contribution in [3.63, 3.8) is 0 Å². The second-order valence-electron chi connectivity index (χ2n) is 6.35. The van der Waals surface area contributed by atoms with Gasteiger partial charge < -0.3 is 10.2 Å². The zero-order valence-corrected chi connectivity index (χ0v) is 15.2. The number of likely N-dealkylation sites (tertiary alicyclic amines) is 1. The molecule has 1 N–H and O–H groups in total. The highest BCUT2D eigenvalue weighted by Crippen LogP contribution is 2.30.